The Morgan fingerprint density at radius 3 is 2.32 bits per heavy atom. The van der Waals surface area contributed by atoms with Crippen LogP contribution in [-0.4, -0.2) is 78.1 Å². The molecule has 2 fully saturated rings. The van der Waals surface area contributed by atoms with Crippen molar-refractivity contribution in [1.29, 1.82) is 0 Å². The van der Waals surface area contributed by atoms with E-state index in [1.807, 2.05) is 11.0 Å². The minimum absolute atomic E-state index is 0.0651. The van der Waals surface area contributed by atoms with Crippen molar-refractivity contribution < 1.29 is 18.0 Å². The summed E-state index contributed by atoms with van der Waals surface area (Å²) in [6.07, 6.45) is 2.75. The molecule has 0 aliphatic carbocycles. The Morgan fingerprint density at radius 2 is 1.72 bits per heavy atom. The maximum Gasteiger partial charge on any atom is 0.229 e. The van der Waals surface area contributed by atoms with Crippen LogP contribution in [0.25, 0.3) is 0 Å². The summed E-state index contributed by atoms with van der Waals surface area (Å²) < 4.78 is 26.4. The fourth-order valence-electron chi connectivity index (χ4n) is 3.04. The Labute approximate surface area is 146 Å². The van der Waals surface area contributed by atoms with Gasteiger partial charge in [0, 0.05) is 51.8 Å². The number of anilines is 1. The molecule has 2 saturated heterocycles. The molecule has 2 amide bonds. The van der Waals surface area contributed by atoms with E-state index in [2.05, 4.69) is 10.2 Å². The van der Waals surface area contributed by atoms with Gasteiger partial charge in [-0.25, -0.2) is 8.42 Å². The number of imide groups is 1. The number of sulfonamides is 1. The molecule has 0 N–H and O–H groups in total. The zero-order chi connectivity index (χ0) is 17.9. The van der Waals surface area contributed by atoms with E-state index in [1.54, 1.807) is 12.3 Å². The Balaban J connectivity index is 1.55. The number of piperazine rings is 1. The lowest BCUT2D eigenvalue weighted by atomic mass is 10.1. The van der Waals surface area contributed by atoms with Crippen LogP contribution in [0.1, 0.15) is 19.3 Å². The van der Waals surface area contributed by atoms with Crippen molar-refractivity contribution in [3.05, 3.63) is 18.3 Å². The van der Waals surface area contributed by atoms with E-state index in [-0.39, 0.29) is 24.1 Å². The predicted molar refractivity (Wildman–Crippen MR) is 90.2 cm³/mol. The van der Waals surface area contributed by atoms with Crippen LogP contribution >= 0.6 is 0 Å². The van der Waals surface area contributed by atoms with Crippen molar-refractivity contribution in [2.75, 3.05) is 43.4 Å². The zero-order valence-electron chi connectivity index (χ0n) is 13.9. The highest BCUT2D eigenvalue weighted by Crippen LogP contribution is 2.16. The number of hydrogen-bond donors (Lipinski definition) is 0. The maximum atomic E-state index is 12.5. The second kappa shape index (κ2) is 7.44. The first-order valence-corrected chi connectivity index (χ1v) is 9.92. The molecule has 1 aromatic rings. The normalized spacial score (nSPS) is 20.2. The summed E-state index contributed by atoms with van der Waals surface area (Å²) in [6.45, 7) is 1.69. The Morgan fingerprint density at radius 1 is 1.04 bits per heavy atom. The van der Waals surface area contributed by atoms with Crippen LogP contribution in [0.15, 0.2) is 18.3 Å². The fourth-order valence-corrected chi connectivity index (χ4v) is 4.43. The molecule has 3 heterocycles. The van der Waals surface area contributed by atoms with Gasteiger partial charge < -0.3 is 4.90 Å². The number of rotatable bonds is 5. The third-order valence-corrected chi connectivity index (χ3v) is 6.32. The van der Waals surface area contributed by atoms with Gasteiger partial charge >= 0.3 is 0 Å². The number of likely N-dealkylation sites (tertiary alicyclic amines) is 1. The van der Waals surface area contributed by atoms with Gasteiger partial charge in [-0.3, -0.25) is 14.5 Å². The molecule has 0 bridgehead atoms. The van der Waals surface area contributed by atoms with Crippen LogP contribution in [0.3, 0.4) is 0 Å². The smallest absolute Gasteiger partial charge is 0.229 e. The number of aromatic nitrogens is 2. The highest BCUT2D eigenvalue weighted by Gasteiger charge is 2.31. The molecule has 0 atom stereocenters. The molecule has 10 heteroatoms. The van der Waals surface area contributed by atoms with Gasteiger partial charge in [0.2, 0.25) is 21.8 Å². The van der Waals surface area contributed by atoms with Crippen molar-refractivity contribution in [2.24, 2.45) is 0 Å². The van der Waals surface area contributed by atoms with Crippen molar-refractivity contribution in [2.45, 2.75) is 19.3 Å². The summed E-state index contributed by atoms with van der Waals surface area (Å²) in [7, 11) is -3.51. The maximum absolute atomic E-state index is 12.5. The van der Waals surface area contributed by atoms with E-state index >= 15 is 0 Å². The van der Waals surface area contributed by atoms with Crippen LogP contribution in [0.4, 0.5) is 5.82 Å². The first-order valence-electron chi connectivity index (χ1n) is 8.31. The standard InChI is InChI=1S/C15H21N5O4S/c21-14-4-1-5-15(22)20(14)11-12-25(23,24)19-9-7-18(8-10-19)13-3-2-6-16-17-13/h2-3,6H,1,4-5,7-12H2. The minimum atomic E-state index is -3.51. The molecule has 136 valence electrons. The van der Waals surface area contributed by atoms with E-state index < -0.39 is 10.0 Å². The van der Waals surface area contributed by atoms with Gasteiger partial charge in [0.05, 0.1) is 5.75 Å². The van der Waals surface area contributed by atoms with Gasteiger partial charge in [0.15, 0.2) is 5.82 Å². The molecule has 0 spiro atoms. The van der Waals surface area contributed by atoms with Crippen LogP contribution in [0.2, 0.25) is 0 Å². The molecule has 1 aromatic heterocycles. The van der Waals surface area contributed by atoms with Gasteiger partial charge in [0.25, 0.3) is 0 Å². The van der Waals surface area contributed by atoms with Gasteiger partial charge in [0.1, 0.15) is 0 Å². The van der Waals surface area contributed by atoms with Gasteiger partial charge in [-0.2, -0.15) is 9.40 Å². The molecular formula is C15H21N5O4S. The SMILES string of the molecule is O=C1CCCC(=O)N1CCS(=O)(=O)N1CCN(c2cccnn2)CC1. The second-order valence-electron chi connectivity index (χ2n) is 6.08. The third-order valence-electron chi connectivity index (χ3n) is 4.47. The van der Waals surface area contributed by atoms with Crippen molar-refractivity contribution in [1.82, 2.24) is 19.4 Å². The van der Waals surface area contributed by atoms with Crippen LogP contribution in [-0.2, 0) is 19.6 Å². The first-order chi connectivity index (χ1) is 12.0. The van der Waals surface area contributed by atoms with Crippen molar-refractivity contribution in [3.8, 4) is 0 Å². The van der Waals surface area contributed by atoms with Crippen LogP contribution in [0.5, 0.6) is 0 Å². The van der Waals surface area contributed by atoms with E-state index in [0.29, 0.717) is 45.4 Å². The Bertz CT molecular complexity index is 716. The molecule has 0 saturated carbocycles. The highest BCUT2D eigenvalue weighted by molar-refractivity contribution is 7.89. The lowest BCUT2D eigenvalue weighted by Gasteiger charge is -2.34. The molecular weight excluding hydrogens is 346 g/mol. The lowest BCUT2D eigenvalue weighted by molar-refractivity contribution is -0.147. The number of hydrogen-bond acceptors (Lipinski definition) is 7. The number of amides is 2. The van der Waals surface area contributed by atoms with E-state index in [0.717, 1.165) is 10.7 Å². The van der Waals surface area contributed by atoms with Gasteiger partial charge in [-0.15, -0.1) is 5.10 Å². The second-order valence-corrected chi connectivity index (χ2v) is 8.17. The Kier molecular flexibility index (Phi) is 5.28. The molecule has 0 unspecified atom stereocenters. The van der Waals surface area contributed by atoms with Gasteiger partial charge in [-0.05, 0) is 18.6 Å². The van der Waals surface area contributed by atoms with Gasteiger partial charge in [-0.1, -0.05) is 0 Å². The lowest BCUT2D eigenvalue weighted by Crippen LogP contribution is -2.51. The number of nitrogens with zero attached hydrogens (tertiary/aromatic N) is 5. The molecule has 25 heavy (non-hydrogen) atoms. The summed E-state index contributed by atoms with van der Waals surface area (Å²) in [5, 5.41) is 7.86. The van der Waals surface area contributed by atoms with E-state index in [9.17, 15) is 18.0 Å². The average Bonchev–Trinajstić information content (AvgIpc) is 2.62. The predicted octanol–water partition coefficient (Wildman–Crippen LogP) is -0.532. The molecule has 2 aliphatic heterocycles. The first kappa shape index (κ1) is 17.7. The number of carbonyl (C=O) groups excluding carboxylic acids is 2. The van der Waals surface area contributed by atoms with Crippen molar-refractivity contribution >= 4 is 27.7 Å². The minimum Gasteiger partial charge on any atom is -0.352 e. The fraction of sp³-hybridized carbons (Fsp3) is 0.600. The zero-order valence-corrected chi connectivity index (χ0v) is 14.7. The molecule has 0 aromatic carbocycles. The van der Waals surface area contributed by atoms with Crippen molar-refractivity contribution in [3.63, 3.8) is 0 Å². The Hall–Kier alpha value is -2.07. The summed E-state index contributed by atoms with van der Waals surface area (Å²) in [5.74, 6) is -0.0581. The summed E-state index contributed by atoms with van der Waals surface area (Å²) >= 11 is 0. The molecule has 2 aliphatic rings. The van der Waals surface area contributed by atoms with Crippen LogP contribution < -0.4 is 4.90 Å². The monoisotopic (exact) mass is 367 g/mol. The average molecular weight is 367 g/mol. The summed E-state index contributed by atoms with van der Waals surface area (Å²) in [5.41, 5.74) is 0. The third kappa shape index (κ3) is 4.13. The topological polar surface area (TPSA) is 104 Å². The molecule has 3 rings (SSSR count). The largest absolute Gasteiger partial charge is 0.352 e. The van der Waals surface area contributed by atoms with Crippen LogP contribution in [0, 0.1) is 0 Å². The molecule has 0 radical (unpaired) electrons. The summed E-state index contributed by atoms with van der Waals surface area (Å²) in [6, 6.07) is 3.63. The number of piperidine rings is 1. The highest BCUT2D eigenvalue weighted by atomic mass is 32.2. The van der Waals surface area contributed by atoms with E-state index in [4.69, 9.17) is 0 Å². The quantitative estimate of drug-likeness (QED) is 0.644. The summed E-state index contributed by atoms with van der Waals surface area (Å²) in [4.78, 5) is 26.6. The molecule has 9 nitrogen and oxygen atoms in total. The number of carbonyl (C=O) groups is 2. The van der Waals surface area contributed by atoms with E-state index in [1.165, 1.54) is 4.31 Å².